The minimum Gasteiger partial charge on any atom is -0.384 e. The van der Waals surface area contributed by atoms with Crippen molar-refractivity contribution in [3.8, 4) is 11.8 Å². The maximum absolute atomic E-state index is 11.5. The number of ether oxygens (including phenoxy) is 1. The molecule has 2 N–H and O–H groups in total. The zero-order valence-corrected chi connectivity index (χ0v) is 10.6. The van der Waals surface area contributed by atoms with Gasteiger partial charge in [-0.25, -0.2) is 0 Å². The van der Waals surface area contributed by atoms with Crippen LogP contribution in [0.4, 0.5) is 5.69 Å². The minimum atomic E-state index is -0.172. The van der Waals surface area contributed by atoms with Crippen LogP contribution in [0.5, 0.6) is 0 Å². The number of carbonyl (C=O) groups is 1. The average molecular weight is 247 g/mol. The summed E-state index contributed by atoms with van der Waals surface area (Å²) in [5, 5.41) is 11.4. The van der Waals surface area contributed by atoms with E-state index in [-0.39, 0.29) is 19.1 Å². The van der Waals surface area contributed by atoms with Gasteiger partial charge < -0.3 is 15.2 Å². The SMILES string of the molecule is CCOCC(=O)Nc1ccc(C#CCO)cc1C. The number of rotatable bonds is 4. The highest BCUT2D eigenvalue weighted by molar-refractivity contribution is 5.92. The summed E-state index contributed by atoms with van der Waals surface area (Å²) in [5.74, 6) is 5.22. The summed E-state index contributed by atoms with van der Waals surface area (Å²) in [7, 11) is 0. The van der Waals surface area contributed by atoms with Crippen LogP contribution in [0.25, 0.3) is 0 Å². The van der Waals surface area contributed by atoms with Crippen LogP contribution in [-0.4, -0.2) is 30.8 Å². The van der Waals surface area contributed by atoms with Gasteiger partial charge in [-0.3, -0.25) is 4.79 Å². The third-order valence-electron chi connectivity index (χ3n) is 2.25. The fourth-order valence-corrected chi connectivity index (χ4v) is 1.40. The molecule has 1 rings (SSSR count). The Balaban J connectivity index is 2.70. The van der Waals surface area contributed by atoms with E-state index < -0.39 is 0 Å². The van der Waals surface area contributed by atoms with Crippen LogP contribution in [0.15, 0.2) is 18.2 Å². The van der Waals surface area contributed by atoms with Crippen LogP contribution in [0.2, 0.25) is 0 Å². The Labute approximate surface area is 107 Å². The number of aliphatic hydroxyl groups is 1. The highest BCUT2D eigenvalue weighted by Gasteiger charge is 2.04. The molecule has 0 fully saturated rings. The molecule has 1 aromatic rings. The maximum atomic E-state index is 11.5. The summed E-state index contributed by atoms with van der Waals surface area (Å²) < 4.78 is 5.02. The third-order valence-corrected chi connectivity index (χ3v) is 2.25. The summed E-state index contributed by atoms with van der Waals surface area (Å²) in [6.45, 7) is 4.14. The molecule has 0 aliphatic carbocycles. The van der Waals surface area contributed by atoms with Gasteiger partial charge in [-0.15, -0.1) is 0 Å². The Morgan fingerprint density at radius 1 is 1.50 bits per heavy atom. The number of nitrogens with one attached hydrogen (secondary N) is 1. The first-order valence-electron chi connectivity index (χ1n) is 5.75. The molecule has 0 unspecified atom stereocenters. The third kappa shape index (κ3) is 4.58. The van der Waals surface area contributed by atoms with Gasteiger partial charge in [-0.1, -0.05) is 11.8 Å². The standard InChI is InChI=1S/C14H17NO3/c1-3-18-10-14(17)15-13-7-6-12(5-4-8-16)9-11(13)2/h6-7,9,16H,3,8,10H2,1-2H3,(H,15,17). The first-order valence-corrected chi connectivity index (χ1v) is 5.75. The summed E-state index contributed by atoms with van der Waals surface area (Å²) >= 11 is 0. The van der Waals surface area contributed by atoms with E-state index >= 15 is 0 Å². The molecule has 0 bridgehead atoms. The van der Waals surface area contributed by atoms with Crippen LogP contribution in [0, 0.1) is 18.8 Å². The van der Waals surface area contributed by atoms with Crippen LogP contribution in [-0.2, 0) is 9.53 Å². The Kier molecular flexibility index (Phi) is 5.92. The van der Waals surface area contributed by atoms with Gasteiger partial charge in [0.2, 0.25) is 5.91 Å². The van der Waals surface area contributed by atoms with Gasteiger partial charge in [0, 0.05) is 17.9 Å². The van der Waals surface area contributed by atoms with Crippen LogP contribution in [0.3, 0.4) is 0 Å². The van der Waals surface area contributed by atoms with E-state index in [9.17, 15) is 4.79 Å². The molecule has 0 heterocycles. The van der Waals surface area contributed by atoms with E-state index in [2.05, 4.69) is 17.2 Å². The Morgan fingerprint density at radius 2 is 2.28 bits per heavy atom. The van der Waals surface area contributed by atoms with Gasteiger partial charge in [-0.2, -0.15) is 0 Å². The first kappa shape index (κ1) is 14.2. The number of carbonyl (C=O) groups excluding carboxylic acids is 1. The molecule has 0 aliphatic rings. The lowest BCUT2D eigenvalue weighted by Crippen LogP contribution is -2.18. The molecule has 4 heteroatoms. The highest BCUT2D eigenvalue weighted by Crippen LogP contribution is 2.15. The topological polar surface area (TPSA) is 58.6 Å². The largest absolute Gasteiger partial charge is 0.384 e. The van der Waals surface area contributed by atoms with Crippen molar-refractivity contribution in [2.24, 2.45) is 0 Å². The van der Waals surface area contributed by atoms with E-state index in [1.54, 1.807) is 12.1 Å². The molecule has 0 saturated carbocycles. The molecule has 18 heavy (non-hydrogen) atoms. The van der Waals surface area contributed by atoms with Gasteiger partial charge in [0.05, 0.1) is 0 Å². The van der Waals surface area contributed by atoms with Crippen molar-refractivity contribution in [3.63, 3.8) is 0 Å². The van der Waals surface area contributed by atoms with Crippen LogP contribution >= 0.6 is 0 Å². The summed E-state index contributed by atoms with van der Waals surface area (Å²) in [4.78, 5) is 11.5. The Hall–Kier alpha value is -1.83. The van der Waals surface area contributed by atoms with Crippen molar-refractivity contribution < 1.29 is 14.6 Å². The number of hydrogen-bond acceptors (Lipinski definition) is 3. The smallest absolute Gasteiger partial charge is 0.250 e. The number of hydrogen-bond donors (Lipinski definition) is 2. The molecular formula is C14H17NO3. The molecule has 1 amide bonds. The van der Waals surface area contributed by atoms with Crippen molar-refractivity contribution >= 4 is 11.6 Å². The quantitative estimate of drug-likeness (QED) is 0.789. The molecular weight excluding hydrogens is 230 g/mol. The fraction of sp³-hybridized carbons (Fsp3) is 0.357. The number of aryl methyl sites for hydroxylation is 1. The van der Waals surface area contributed by atoms with Crippen molar-refractivity contribution in [2.75, 3.05) is 25.1 Å². The van der Waals surface area contributed by atoms with Crippen molar-refractivity contribution in [2.45, 2.75) is 13.8 Å². The van der Waals surface area contributed by atoms with Gasteiger partial charge in [0.25, 0.3) is 0 Å². The van der Waals surface area contributed by atoms with E-state index in [1.807, 2.05) is 19.9 Å². The molecule has 1 aromatic carbocycles. The number of amides is 1. The Bertz CT molecular complexity index is 472. The predicted octanol–water partition coefficient (Wildman–Crippen LogP) is 1.31. The molecule has 0 saturated heterocycles. The predicted molar refractivity (Wildman–Crippen MR) is 70.3 cm³/mol. The highest BCUT2D eigenvalue weighted by atomic mass is 16.5. The number of aliphatic hydroxyl groups excluding tert-OH is 1. The van der Waals surface area contributed by atoms with Crippen LogP contribution < -0.4 is 5.32 Å². The lowest BCUT2D eigenvalue weighted by Gasteiger charge is -2.08. The van der Waals surface area contributed by atoms with Crippen molar-refractivity contribution in [1.82, 2.24) is 0 Å². The lowest BCUT2D eigenvalue weighted by molar-refractivity contribution is -0.120. The summed E-state index contributed by atoms with van der Waals surface area (Å²) in [5.41, 5.74) is 2.48. The molecule has 0 atom stereocenters. The minimum absolute atomic E-state index is 0.0575. The number of anilines is 1. The second kappa shape index (κ2) is 7.49. The van der Waals surface area contributed by atoms with Crippen molar-refractivity contribution in [3.05, 3.63) is 29.3 Å². The van der Waals surface area contributed by atoms with E-state index in [4.69, 9.17) is 9.84 Å². The normalized spacial score (nSPS) is 9.50. The van der Waals surface area contributed by atoms with Crippen molar-refractivity contribution in [1.29, 1.82) is 0 Å². The molecule has 0 radical (unpaired) electrons. The van der Waals surface area contributed by atoms with Crippen LogP contribution in [0.1, 0.15) is 18.1 Å². The zero-order valence-electron chi connectivity index (χ0n) is 10.6. The lowest BCUT2D eigenvalue weighted by atomic mass is 10.1. The average Bonchev–Trinajstić information content (AvgIpc) is 2.36. The second-order valence-corrected chi connectivity index (χ2v) is 3.67. The summed E-state index contributed by atoms with van der Waals surface area (Å²) in [6, 6.07) is 5.45. The van der Waals surface area contributed by atoms with Gasteiger partial charge >= 0.3 is 0 Å². The molecule has 0 spiro atoms. The molecule has 0 aromatic heterocycles. The van der Waals surface area contributed by atoms with Gasteiger partial charge in [0.1, 0.15) is 13.2 Å². The second-order valence-electron chi connectivity index (χ2n) is 3.67. The van der Waals surface area contributed by atoms with Gasteiger partial charge in [-0.05, 0) is 37.6 Å². The summed E-state index contributed by atoms with van der Waals surface area (Å²) in [6.07, 6.45) is 0. The Morgan fingerprint density at radius 3 is 2.89 bits per heavy atom. The van der Waals surface area contributed by atoms with E-state index in [0.717, 1.165) is 16.8 Å². The zero-order chi connectivity index (χ0) is 13.4. The molecule has 96 valence electrons. The molecule has 4 nitrogen and oxygen atoms in total. The maximum Gasteiger partial charge on any atom is 0.250 e. The first-order chi connectivity index (χ1) is 8.67. The molecule has 0 aliphatic heterocycles. The monoisotopic (exact) mass is 247 g/mol. The number of benzene rings is 1. The van der Waals surface area contributed by atoms with E-state index in [0.29, 0.717) is 6.61 Å². The van der Waals surface area contributed by atoms with E-state index in [1.165, 1.54) is 0 Å². The fourth-order valence-electron chi connectivity index (χ4n) is 1.40. The van der Waals surface area contributed by atoms with Gasteiger partial charge in [0.15, 0.2) is 0 Å².